The lowest BCUT2D eigenvalue weighted by molar-refractivity contribution is -0.150. The van der Waals surface area contributed by atoms with Gasteiger partial charge in [-0.1, -0.05) is 12.1 Å². The van der Waals surface area contributed by atoms with E-state index < -0.39 is 12.1 Å². The highest BCUT2D eigenvalue weighted by molar-refractivity contribution is 5.90. The Labute approximate surface area is 118 Å². The number of esters is 1. The summed E-state index contributed by atoms with van der Waals surface area (Å²) in [5.41, 5.74) is 0.841. The zero-order chi connectivity index (χ0) is 15.0. The average Bonchev–Trinajstić information content (AvgIpc) is 2.45. The predicted molar refractivity (Wildman–Crippen MR) is 76.3 cm³/mol. The Morgan fingerprint density at radius 2 is 1.95 bits per heavy atom. The third-order valence-electron chi connectivity index (χ3n) is 2.54. The van der Waals surface area contributed by atoms with E-state index in [4.69, 9.17) is 9.47 Å². The first-order valence-corrected chi connectivity index (χ1v) is 6.37. The molecule has 1 aromatic carbocycles. The Balaban J connectivity index is 2.52. The van der Waals surface area contributed by atoms with E-state index in [0.29, 0.717) is 6.54 Å². The zero-order valence-electron chi connectivity index (χ0n) is 11.9. The van der Waals surface area contributed by atoms with Crippen LogP contribution in [0.2, 0.25) is 0 Å². The van der Waals surface area contributed by atoms with Crippen LogP contribution in [0, 0.1) is 0 Å². The number of likely N-dealkylation sites (N-methyl/N-ethyl adjacent to an activating group) is 1. The Kier molecular flexibility index (Phi) is 6.29. The molecule has 0 radical (unpaired) electrons. The minimum atomic E-state index is -0.803. The van der Waals surface area contributed by atoms with Crippen molar-refractivity contribution in [3.05, 3.63) is 35.9 Å². The lowest BCUT2D eigenvalue weighted by Crippen LogP contribution is -2.35. The van der Waals surface area contributed by atoms with Crippen LogP contribution in [0.5, 0.6) is 5.75 Å². The van der Waals surface area contributed by atoms with Gasteiger partial charge in [-0.2, -0.15) is 0 Å². The molecule has 5 heteroatoms. The minimum Gasteiger partial charge on any atom is -0.497 e. The molecule has 0 bridgehead atoms. The van der Waals surface area contributed by atoms with Crippen LogP contribution in [0.1, 0.15) is 19.4 Å². The van der Waals surface area contributed by atoms with Gasteiger partial charge in [0.15, 0.2) is 6.10 Å². The molecule has 1 aromatic rings. The molecular formula is C15H19NO4. The van der Waals surface area contributed by atoms with Crippen molar-refractivity contribution in [1.29, 1.82) is 0 Å². The second-order valence-corrected chi connectivity index (χ2v) is 4.08. The van der Waals surface area contributed by atoms with Crippen LogP contribution in [-0.4, -0.2) is 31.6 Å². The van der Waals surface area contributed by atoms with Gasteiger partial charge < -0.3 is 14.8 Å². The summed E-state index contributed by atoms with van der Waals surface area (Å²) in [7, 11) is 1.59. The Morgan fingerprint density at radius 1 is 1.30 bits per heavy atom. The molecule has 5 nitrogen and oxygen atoms in total. The van der Waals surface area contributed by atoms with Crippen LogP contribution in [-0.2, 0) is 14.3 Å². The van der Waals surface area contributed by atoms with Crippen molar-refractivity contribution in [2.75, 3.05) is 13.7 Å². The summed E-state index contributed by atoms with van der Waals surface area (Å²) < 4.78 is 10.0. The molecule has 1 N–H and O–H groups in total. The summed E-state index contributed by atoms with van der Waals surface area (Å²) in [5, 5.41) is 2.58. The van der Waals surface area contributed by atoms with Crippen molar-refractivity contribution in [3.8, 4) is 5.75 Å². The molecule has 108 valence electrons. The first-order chi connectivity index (χ1) is 9.56. The number of carbonyl (C=O) groups is 2. The van der Waals surface area contributed by atoms with Gasteiger partial charge in [-0.05, 0) is 37.6 Å². The van der Waals surface area contributed by atoms with Crippen molar-refractivity contribution in [2.24, 2.45) is 0 Å². The fourth-order valence-electron chi connectivity index (χ4n) is 1.46. The number of carbonyl (C=O) groups excluding carboxylic acids is 2. The van der Waals surface area contributed by atoms with Crippen LogP contribution in [0.4, 0.5) is 0 Å². The van der Waals surface area contributed by atoms with Crippen molar-refractivity contribution < 1.29 is 19.1 Å². The average molecular weight is 277 g/mol. The standard InChI is InChI=1S/C15H19NO4/c1-4-16-15(18)11(2)20-14(17)10-7-12-5-8-13(19-3)9-6-12/h5-11H,4H2,1-3H3,(H,16,18)/b10-7+/t11-/m0/s1. The first kappa shape index (κ1) is 15.8. The van der Waals surface area contributed by atoms with E-state index in [1.165, 1.54) is 13.0 Å². The molecule has 0 heterocycles. The number of hydrogen-bond acceptors (Lipinski definition) is 4. The van der Waals surface area contributed by atoms with Crippen molar-refractivity contribution in [1.82, 2.24) is 5.32 Å². The molecule has 0 spiro atoms. The van der Waals surface area contributed by atoms with E-state index in [1.807, 2.05) is 12.1 Å². The number of benzene rings is 1. The lowest BCUT2D eigenvalue weighted by atomic mass is 10.2. The van der Waals surface area contributed by atoms with Crippen molar-refractivity contribution in [2.45, 2.75) is 20.0 Å². The molecular weight excluding hydrogens is 258 g/mol. The van der Waals surface area contributed by atoms with E-state index in [0.717, 1.165) is 11.3 Å². The minimum absolute atomic E-state index is 0.307. The van der Waals surface area contributed by atoms with Gasteiger partial charge in [0.05, 0.1) is 7.11 Å². The Bertz CT molecular complexity index is 479. The first-order valence-electron chi connectivity index (χ1n) is 6.37. The van der Waals surface area contributed by atoms with Gasteiger partial charge >= 0.3 is 5.97 Å². The van der Waals surface area contributed by atoms with E-state index >= 15 is 0 Å². The molecule has 0 fully saturated rings. The molecule has 1 amide bonds. The molecule has 0 unspecified atom stereocenters. The fourth-order valence-corrected chi connectivity index (χ4v) is 1.46. The van der Waals surface area contributed by atoms with Crippen LogP contribution < -0.4 is 10.1 Å². The summed E-state index contributed by atoms with van der Waals surface area (Å²) >= 11 is 0. The summed E-state index contributed by atoms with van der Waals surface area (Å²) in [6.07, 6.45) is 2.10. The van der Waals surface area contributed by atoms with Gasteiger partial charge in [0.2, 0.25) is 0 Å². The van der Waals surface area contributed by atoms with Crippen LogP contribution in [0.3, 0.4) is 0 Å². The molecule has 0 aliphatic rings. The number of hydrogen-bond donors (Lipinski definition) is 1. The number of rotatable bonds is 6. The zero-order valence-corrected chi connectivity index (χ0v) is 11.9. The SMILES string of the molecule is CCNC(=O)[C@H](C)OC(=O)/C=C/c1ccc(OC)cc1. The van der Waals surface area contributed by atoms with E-state index in [9.17, 15) is 9.59 Å². The summed E-state index contributed by atoms with van der Waals surface area (Å²) in [4.78, 5) is 22.9. The largest absolute Gasteiger partial charge is 0.497 e. The van der Waals surface area contributed by atoms with Crippen LogP contribution in [0.15, 0.2) is 30.3 Å². The maximum atomic E-state index is 11.5. The number of nitrogens with one attached hydrogen (secondary N) is 1. The fraction of sp³-hybridized carbons (Fsp3) is 0.333. The Hall–Kier alpha value is -2.30. The highest BCUT2D eigenvalue weighted by Crippen LogP contribution is 2.12. The van der Waals surface area contributed by atoms with Crippen molar-refractivity contribution >= 4 is 18.0 Å². The number of ether oxygens (including phenoxy) is 2. The summed E-state index contributed by atoms with van der Waals surface area (Å²) in [6.45, 7) is 3.84. The number of methoxy groups -OCH3 is 1. The molecule has 20 heavy (non-hydrogen) atoms. The highest BCUT2D eigenvalue weighted by Gasteiger charge is 2.14. The van der Waals surface area contributed by atoms with Crippen molar-refractivity contribution in [3.63, 3.8) is 0 Å². The summed E-state index contributed by atoms with van der Waals surface area (Å²) in [5.74, 6) is -0.118. The lowest BCUT2D eigenvalue weighted by Gasteiger charge is -2.10. The van der Waals surface area contributed by atoms with Gasteiger partial charge in [0, 0.05) is 12.6 Å². The normalized spacial score (nSPS) is 11.9. The molecule has 0 saturated carbocycles. The van der Waals surface area contributed by atoms with Crippen LogP contribution >= 0.6 is 0 Å². The molecule has 0 aromatic heterocycles. The third kappa shape index (κ3) is 5.14. The molecule has 1 rings (SSSR count). The molecule has 1 atom stereocenters. The monoisotopic (exact) mass is 277 g/mol. The quantitative estimate of drug-likeness (QED) is 0.636. The van der Waals surface area contributed by atoms with E-state index in [2.05, 4.69) is 5.32 Å². The van der Waals surface area contributed by atoms with Crippen LogP contribution in [0.25, 0.3) is 6.08 Å². The molecule has 0 aliphatic carbocycles. The van der Waals surface area contributed by atoms with E-state index in [1.54, 1.807) is 32.2 Å². The van der Waals surface area contributed by atoms with Gasteiger partial charge in [0.25, 0.3) is 5.91 Å². The molecule has 0 aliphatic heterocycles. The predicted octanol–water partition coefficient (Wildman–Crippen LogP) is 1.78. The smallest absolute Gasteiger partial charge is 0.331 e. The third-order valence-corrected chi connectivity index (χ3v) is 2.54. The van der Waals surface area contributed by atoms with Gasteiger partial charge in [-0.15, -0.1) is 0 Å². The van der Waals surface area contributed by atoms with Gasteiger partial charge in [-0.25, -0.2) is 4.79 Å². The second kappa shape index (κ2) is 7.99. The topological polar surface area (TPSA) is 64.6 Å². The number of amides is 1. The maximum absolute atomic E-state index is 11.5. The van der Waals surface area contributed by atoms with Gasteiger partial charge in [0.1, 0.15) is 5.75 Å². The second-order valence-electron chi connectivity index (χ2n) is 4.08. The van der Waals surface area contributed by atoms with E-state index in [-0.39, 0.29) is 5.91 Å². The molecule has 0 saturated heterocycles. The maximum Gasteiger partial charge on any atom is 0.331 e. The Morgan fingerprint density at radius 3 is 2.50 bits per heavy atom. The van der Waals surface area contributed by atoms with Gasteiger partial charge in [-0.3, -0.25) is 4.79 Å². The summed E-state index contributed by atoms with van der Waals surface area (Å²) in [6, 6.07) is 7.22. The highest BCUT2D eigenvalue weighted by atomic mass is 16.5.